The number of rotatable bonds is 5. The lowest BCUT2D eigenvalue weighted by Crippen LogP contribution is -2.25. The summed E-state index contributed by atoms with van der Waals surface area (Å²) in [4.78, 5) is 0. The summed E-state index contributed by atoms with van der Waals surface area (Å²) in [5, 5.41) is 0. The minimum Gasteiger partial charge on any atom is -0.216 e. The van der Waals surface area contributed by atoms with Crippen LogP contribution in [0.3, 0.4) is 0 Å². The third kappa shape index (κ3) is 4.68. The maximum absolute atomic E-state index is 13.1. The Balaban J connectivity index is 1.42. The van der Waals surface area contributed by atoms with Gasteiger partial charge in [-0.05, 0) is 92.7 Å². The molecule has 0 bridgehead atoms. The first-order chi connectivity index (χ1) is 11.8. The van der Waals surface area contributed by atoms with Crippen molar-refractivity contribution < 1.29 is 8.78 Å². The van der Waals surface area contributed by atoms with Gasteiger partial charge in [-0.25, -0.2) is 8.78 Å². The second-order valence-electron chi connectivity index (χ2n) is 7.88. The number of allylic oxidation sites excluding steroid dienone is 1. The minimum absolute atomic E-state index is 0.133. The predicted molar refractivity (Wildman–Crippen MR) is 96.0 cm³/mol. The van der Waals surface area contributed by atoms with E-state index in [0.29, 0.717) is 12.2 Å². The summed E-state index contributed by atoms with van der Waals surface area (Å²) >= 11 is 0. The molecule has 0 spiro atoms. The van der Waals surface area contributed by atoms with Crippen LogP contribution < -0.4 is 0 Å². The summed E-state index contributed by atoms with van der Waals surface area (Å²) in [7, 11) is 0. The third-order valence-electron chi connectivity index (χ3n) is 6.50. The molecule has 0 N–H and O–H groups in total. The molecule has 1 aromatic rings. The lowest BCUT2D eigenvalue weighted by atomic mass is 9.68. The standard InChI is InChI=1S/C22H30F2/c23-16-2-1-3-17-4-6-18(7-5-17)19-8-10-20(11-9-19)21-12-14-22(24)15-13-21/h2,12-20H,1,3-11H2/b16-2+/t17-,18-,19?,20?. The van der Waals surface area contributed by atoms with Crippen LogP contribution in [-0.2, 0) is 0 Å². The number of halogens is 2. The van der Waals surface area contributed by atoms with Crippen molar-refractivity contribution in [1.29, 1.82) is 0 Å². The molecule has 0 aromatic heterocycles. The molecule has 1 aromatic carbocycles. The van der Waals surface area contributed by atoms with Gasteiger partial charge in [-0.1, -0.05) is 31.1 Å². The fourth-order valence-electron chi connectivity index (χ4n) is 5.00. The van der Waals surface area contributed by atoms with Gasteiger partial charge in [0.15, 0.2) is 0 Å². The zero-order valence-electron chi connectivity index (χ0n) is 14.6. The van der Waals surface area contributed by atoms with Gasteiger partial charge in [0.05, 0.1) is 6.33 Å². The summed E-state index contributed by atoms with van der Waals surface area (Å²) in [6.07, 6.45) is 15.0. The van der Waals surface area contributed by atoms with Crippen LogP contribution in [0, 0.1) is 23.6 Å². The average Bonchev–Trinajstić information content (AvgIpc) is 2.63. The van der Waals surface area contributed by atoms with Crippen molar-refractivity contribution in [2.75, 3.05) is 0 Å². The third-order valence-corrected chi connectivity index (χ3v) is 6.50. The molecule has 0 aliphatic heterocycles. The molecule has 0 radical (unpaired) electrons. The van der Waals surface area contributed by atoms with Crippen LogP contribution in [0.15, 0.2) is 36.7 Å². The highest BCUT2D eigenvalue weighted by Crippen LogP contribution is 2.44. The molecule has 2 saturated carbocycles. The summed E-state index contributed by atoms with van der Waals surface area (Å²) in [5.74, 6) is 3.12. The van der Waals surface area contributed by atoms with Gasteiger partial charge >= 0.3 is 0 Å². The van der Waals surface area contributed by atoms with E-state index in [1.807, 2.05) is 12.1 Å². The Labute approximate surface area is 145 Å². The molecule has 0 heterocycles. The summed E-state index contributed by atoms with van der Waals surface area (Å²) in [6, 6.07) is 7.14. The van der Waals surface area contributed by atoms with Crippen molar-refractivity contribution in [3.63, 3.8) is 0 Å². The topological polar surface area (TPSA) is 0 Å². The van der Waals surface area contributed by atoms with Gasteiger partial charge in [0.25, 0.3) is 0 Å². The van der Waals surface area contributed by atoms with E-state index in [-0.39, 0.29) is 5.82 Å². The van der Waals surface area contributed by atoms with Gasteiger partial charge in [-0.3, -0.25) is 0 Å². The molecule has 0 nitrogen and oxygen atoms in total. The first kappa shape index (κ1) is 17.6. The quantitative estimate of drug-likeness (QED) is 0.536. The molecule has 2 aliphatic carbocycles. The van der Waals surface area contributed by atoms with Crippen LogP contribution in [0.1, 0.15) is 75.7 Å². The smallest absolute Gasteiger partial charge is 0.123 e. The lowest BCUT2D eigenvalue weighted by Gasteiger charge is -2.38. The second kappa shape index (κ2) is 8.78. The second-order valence-corrected chi connectivity index (χ2v) is 7.88. The number of benzene rings is 1. The van der Waals surface area contributed by atoms with Crippen LogP contribution >= 0.6 is 0 Å². The molecule has 0 saturated heterocycles. The van der Waals surface area contributed by atoms with Gasteiger partial charge in [0.2, 0.25) is 0 Å². The van der Waals surface area contributed by atoms with Crippen LogP contribution in [0.5, 0.6) is 0 Å². The zero-order valence-corrected chi connectivity index (χ0v) is 14.6. The van der Waals surface area contributed by atoms with E-state index in [1.54, 1.807) is 18.2 Å². The van der Waals surface area contributed by atoms with E-state index in [2.05, 4.69) is 0 Å². The fourth-order valence-corrected chi connectivity index (χ4v) is 5.00. The molecule has 132 valence electrons. The Hall–Kier alpha value is -1.18. The first-order valence-electron chi connectivity index (χ1n) is 9.77. The van der Waals surface area contributed by atoms with Crippen LogP contribution in [0.25, 0.3) is 0 Å². The van der Waals surface area contributed by atoms with Crippen molar-refractivity contribution in [3.8, 4) is 0 Å². The molecule has 0 unspecified atom stereocenters. The normalized spacial score (nSPS) is 31.4. The Morgan fingerprint density at radius 3 is 2.00 bits per heavy atom. The largest absolute Gasteiger partial charge is 0.216 e. The molecule has 24 heavy (non-hydrogen) atoms. The molecule has 2 heteroatoms. The molecule has 3 rings (SSSR count). The van der Waals surface area contributed by atoms with Gasteiger partial charge in [-0.15, -0.1) is 0 Å². The van der Waals surface area contributed by atoms with Gasteiger partial charge < -0.3 is 0 Å². The molecule has 2 aliphatic rings. The average molecular weight is 332 g/mol. The van der Waals surface area contributed by atoms with Crippen LogP contribution in [0.4, 0.5) is 8.78 Å². The molecule has 2 fully saturated rings. The SMILES string of the molecule is F/C=C/CC[C@H]1CC[C@H](C2CCC(c3ccc(F)cc3)CC2)CC1. The Kier molecular flexibility index (Phi) is 6.45. The zero-order chi connectivity index (χ0) is 16.8. The Morgan fingerprint density at radius 2 is 1.42 bits per heavy atom. The van der Waals surface area contributed by atoms with Crippen molar-refractivity contribution in [2.24, 2.45) is 17.8 Å². The number of hydrogen-bond acceptors (Lipinski definition) is 0. The van der Waals surface area contributed by atoms with E-state index < -0.39 is 0 Å². The van der Waals surface area contributed by atoms with Gasteiger partial charge in [0.1, 0.15) is 5.82 Å². The molecular formula is C22H30F2. The number of hydrogen-bond donors (Lipinski definition) is 0. The van der Waals surface area contributed by atoms with E-state index in [1.165, 1.54) is 56.9 Å². The van der Waals surface area contributed by atoms with E-state index in [0.717, 1.165) is 30.6 Å². The highest BCUT2D eigenvalue weighted by Gasteiger charge is 2.31. The summed E-state index contributed by atoms with van der Waals surface area (Å²) in [6.45, 7) is 0. The molecule has 0 amide bonds. The minimum atomic E-state index is -0.133. The van der Waals surface area contributed by atoms with Crippen molar-refractivity contribution >= 4 is 0 Å². The highest BCUT2D eigenvalue weighted by atomic mass is 19.1. The van der Waals surface area contributed by atoms with E-state index in [9.17, 15) is 8.78 Å². The van der Waals surface area contributed by atoms with Crippen molar-refractivity contribution in [1.82, 2.24) is 0 Å². The van der Waals surface area contributed by atoms with E-state index >= 15 is 0 Å². The van der Waals surface area contributed by atoms with Crippen LogP contribution in [0.2, 0.25) is 0 Å². The first-order valence-corrected chi connectivity index (χ1v) is 9.77. The van der Waals surface area contributed by atoms with E-state index in [4.69, 9.17) is 0 Å². The van der Waals surface area contributed by atoms with Crippen molar-refractivity contribution in [2.45, 2.75) is 70.1 Å². The van der Waals surface area contributed by atoms with Gasteiger partial charge in [0, 0.05) is 0 Å². The summed E-state index contributed by atoms with van der Waals surface area (Å²) < 4.78 is 25.1. The van der Waals surface area contributed by atoms with Crippen molar-refractivity contribution in [3.05, 3.63) is 48.1 Å². The maximum Gasteiger partial charge on any atom is 0.123 e. The van der Waals surface area contributed by atoms with Crippen LogP contribution in [-0.4, -0.2) is 0 Å². The van der Waals surface area contributed by atoms with Gasteiger partial charge in [-0.2, -0.15) is 0 Å². The summed E-state index contributed by atoms with van der Waals surface area (Å²) in [5.41, 5.74) is 1.32. The molecular weight excluding hydrogens is 302 g/mol. The fraction of sp³-hybridized carbons (Fsp3) is 0.636. The Morgan fingerprint density at radius 1 is 0.833 bits per heavy atom. The lowest BCUT2D eigenvalue weighted by molar-refractivity contribution is 0.157. The monoisotopic (exact) mass is 332 g/mol. The highest BCUT2D eigenvalue weighted by molar-refractivity contribution is 5.20. The predicted octanol–water partition coefficient (Wildman–Crippen LogP) is 7.17. The maximum atomic E-state index is 13.1. The molecule has 0 atom stereocenters. The Bertz CT molecular complexity index is 503.